The first-order valence-corrected chi connectivity index (χ1v) is 11.1. The smallest absolute Gasteiger partial charge is 0.197 e. The Labute approximate surface area is 168 Å². The quantitative estimate of drug-likeness (QED) is 0.227. The molecule has 3 aliphatic carbocycles. The van der Waals surface area contributed by atoms with Gasteiger partial charge in [0, 0.05) is 23.6 Å². The van der Waals surface area contributed by atoms with E-state index in [4.69, 9.17) is 0 Å². The number of unbranched alkanes of at least 4 members (excludes halogenated alkanes) is 10. The van der Waals surface area contributed by atoms with Crippen LogP contribution in [0.3, 0.4) is 0 Å². The molecule has 150 valence electrons. The van der Waals surface area contributed by atoms with Gasteiger partial charge >= 0.3 is 0 Å². The molecule has 0 heterocycles. The van der Waals surface area contributed by atoms with Gasteiger partial charge in [0.25, 0.3) is 0 Å². The largest absolute Gasteiger partial charge is 0.294 e. The second-order valence-corrected chi connectivity index (χ2v) is 8.27. The topological polar surface area (TPSA) is 51.2 Å². The Morgan fingerprint density at radius 3 is 1.93 bits per heavy atom. The Hall–Kier alpha value is -2.03. The van der Waals surface area contributed by atoms with Crippen molar-refractivity contribution in [2.24, 2.45) is 0 Å². The lowest BCUT2D eigenvalue weighted by molar-refractivity contribution is -0.121. The number of rotatable bonds is 13. The fraction of sp³-hybridized carbons (Fsp3) is 0.560. The van der Waals surface area contributed by atoms with E-state index in [0.29, 0.717) is 24.0 Å². The average molecular weight is 381 g/mol. The zero-order valence-electron chi connectivity index (χ0n) is 17.1. The van der Waals surface area contributed by atoms with E-state index in [1.807, 2.05) is 12.2 Å². The molecular formula is C25H32O3. The molecule has 3 aliphatic rings. The minimum Gasteiger partial charge on any atom is -0.294 e. The lowest BCUT2D eigenvalue weighted by Crippen LogP contribution is -2.23. The molecular weight excluding hydrogens is 348 g/mol. The van der Waals surface area contributed by atoms with Crippen LogP contribution in [0.25, 0.3) is 0 Å². The summed E-state index contributed by atoms with van der Waals surface area (Å²) >= 11 is 0. The van der Waals surface area contributed by atoms with E-state index in [0.717, 1.165) is 30.4 Å². The molecule has 3 nitrogen and oxygen atoms in total. The minimum atomic E-state index is -0.239. The molecule has 2 bridgehead atoms. The number of carbonyl (C=O) groups excluding carboxylic acids is 3. The summed E-state index contributed by atoms with van der Waals surface area (Å²) in [4.78, 5) is 37.6. The van der Waals surface area contributed by atoms with Crippen LogP contribution in [-0.4, -0.2) is 17.3 Å². The first-order chi connectivity index (χ1) is 13.6. The molecule has 0 radical (unpaired) electrons. The first kappa shape index (κ1) is 20.7. The van der Waals surface area contributed by atoms with Gasteiger partial charge in [0.15, 0.2) is 17.3 Å². The number of hydrogen-bond donors (Lipinski definition) is 0. The number of hydrogen-bond acceptors (Lipinski definition) is 3. The highest BCUT2D eigenvalue weighted by molar-refractivity contribution is 6.36. The van der Waals surface area contributed by atoms with Crippen LogP contribution in [0.4, 0.5) is 0 Å². The molecule has 0 spiro atoms. The van der Waals surface area contributed by atoms with E-state index in [2.05, 4.69) is 6.92 Å². The van der Waals surface area contributed by atoms with Crippen molar-refractivity contribution in [3.05, 3.63) is 46.1 Å². The molecule has 0 saturated carbocycles. The second-order valence-electron chi connectivity index (χ2n) is 8.27. The van der Waals surface area contributed by atoms with Crippen LogP contribution in [0.5, 0.6) is 0 Å². The van der Waals surface area contributed by atoms with Gasteiger partial charge in [-0.15, -0.1) is 0 Å². The van der Waals surface area contributed by atoms with Crippen LogP contribution in [0, 0.1) is 0 Å². The normalized spacial score (nSPS) is 17.7. The summed E-state index contributed by atoms with van der Waals surface area (Å²) in [6.45, 7) is 2.24. The van der Waals surface area contributed by atoms with Crippen LogP contribution in [0.15, 0.2) is 46.1 Å². The molecule has 0 aromatic carbocycles. The predicted octanol–water partition coefficient (Wildman–Crippen LogP) is 5.90. The number of carbonyl (C=O) groups is 3. The molecule has 0 fully saturated rings. The lowest BCUT2D eigenvalue weighted by atomic mass is 9.84. The van der Waals surface area contributed by atoms with Gasteiger partial charge < -0.3 is 0 Å². The van der Waals surface area contributed by atoms with Crippen molar-refractivity contribution in [2.75, 3.05) is 0 Å². The van der Waals surface area contributed by atoms with Gasteiger partial charge in [-0.3, -0.25) is 14.4 Å². The van der Waals surface area contributed by atoms with Crippen molar-refractivity contribution in [1.82, 2.24) is 0 Å². The molecule has 0 atom stereocenters. The Morgan fingerprint density at radius 2 is 1.32 bits per heavy atom. The van der Waals surface area contributed by atoms with Gasteiger partial charge in [0.2, 0.25) is 0 Å². The van der Waals surface area contributed by atoms with Crippen molar-refractivity contribution >= 4 is 17.3 Å². The van der Waals surface area contributed by atoms with E-state index >= 15 is 0 Å². The van der Waals surface area contributed by atoms with Crippen LogP contribution in [0.2, 0.25) is 0 Å². The SMILES string of the molecule is CCCCCCCCCCCCCC(=O)C1=CC(=O)C2=C(C1=O)C1=CC=C2C1. The Bertz CT molecular complexity index is 774. The molecule has 0 aromatic rings. The van der Waals surface area contributed by atoms with E-state index in [-0.39, 0.29) is 22.9 Å². The van der Waals surface area contributed by atoms with Crippen molar-refractivity contribution in [3.63, 3.8) is 0 Å². The maximum Gasteiger partial charge on any atom is 0.197 e. The van der Waals surface area contributed by atoms with Crippen molar-refractivity contribution < 1.29 is 14.4 Å². The van der Waals surface area contributed by atoms with Crippen LogP contribution in [0.1, 0.15) is 90.4 Å². The Morgan fingerprint density at radius 1 is 0.786 bits per heavy atom. The molecule has 28 heavy (non-hydrogen) atoms. The molecule has 3 rings (SSSR count). The molecule has 0 N–H and O–H groups in total. The summed E-state index contributed by atoms with van der Waals surface area (Å²) < 4.78 is 0. The van der Waals surface area contributed by atoms with Crippen LogP contribution < -0.4 is 0 Å². The standard InChI is InChI=1S/C25H32O3/c1-2-3-4-5-6-7-8-9-10-11-12-13-21(26)20-17-22(27)23-18-14-15-19(16-18)24(23)25(20)28/h14-15,17H,2-13,16H2,1H3. The maximum atomic E-state index is 12.7. The highest BCUT2D eigenvalue weighted by Crippen LogP contribution is 2.44. The van der Waals surface area contributed by atoms with E-state index in [9.17, 15) is 14.4 Å². The van der Waals surface area contributed by atoms with E-state index in [1.54, 1.807) is 0 Å². The second kappa shape index (κ2) is 9.95. The number of Topliss-reactive ketones (excluding diaryl/α,β-unsaturated/α-hetero) is 2. The molecule has 0 unspecified atom stereocenters. The third kappa shape index (κ3) is 4.68. The molecule has 3 heteroatoms. The lowest BCUT2D eigenvalue weighted by Gasteiger charge is -2.15. The first-order valence-electron chi connectivity index (χ1n) is 11.1. The summed E-state index contributed by atoms with van der Waals surface area (Å²) in [5, 5.41) is 0. The fourth-order valence-electron chi connectivity index (χ4n) is 4.42. The van der Waals surface area contributed by atoms with Crippen LogP contribution >= 0.6 is 0 Å². The maximum absolute atomic E-state index is 12.7. The summed E-state index contributed by atoms with van der Waals surface area (Å²) in [5.74, 6) is -0.582. The van der Waals surface area contributed by atoms with E-state index < -0.39 is 0 Å². The van der Waals surface area contributed by atoms with Gasteiger partial charge in [-0.25, -0.2) is 0 Å². The van der Waals surface area contributed by atoms with Gasteiger partial charge in [0.05, 0.1) is 5.57 Å². The Balaban J connectivity index is 1.33. The summed E-state index contributed by atoms with van der Waals surface area (Å²) in [6, 6.07) is 0. The molecule has 0 saturated heterocycles. The third-order valence-electron chi connectivity index (χ3n) is 6.06. The molecule has 0 aliphatic heterocycles. The summed E-state index contributed by atoms with van der Waals surface area (Å²) in [7, 11) is 0. The Kier molecular flexibility index (Phi) is 7.36. The van der Waals surface area contributed by atoms with Crippen molar-refractivity contribution in [2.45, 2.75) is 90.4 Å². The fourth-order valence-corrected chi connectivity index (χ4v) is 4.42. The number of allylic oxidation sites excluding steroid dienone is 8. The number of ketones is 3. The van der Waals surface area contributed by atoms with Gasteiger partial charge in [-0.05, 0) is 24.0 Å². The zero-order chi connectivity index (χ0) is 19.9. The minimum absolute atomic E-state index is 0.102. The van der Waals surface area contributed by atoms with Gasteiger partial charge in [0.1, 0.15) is 0 Å². The zero-order valence-corrected chi connectivity index (χ0v) is 17.1. The molecule has 0 amide bonds. The highest BCUT2D eigenvalue weighted by Gasteiger charge is 2.40. The third-order valence-corrected chi connectivity index (χ3v) is 6.06. The van der Waals surface area contributed by atoms with Crippen molar-refractivity contribution in [1.29, 1.82) is 0 Å². The van der Waals surface area contributed by atoms with Crippen molar-refractivity contribution in [3.8, 4) is 0 Å². The van der Waals surface area contributed by atoms with Crippen LogP contribution in [-0.2, 0) is 14.4 Å². The van der Waals surface area contributed by atoms with Gasteiger partial charge in [-0.2, -0.15) is 0 Å². The average Bonchev–Trinajstić information content (AvgIpc) is 3.31. The highest BCUT2D eigenvalue weighted by atomic mass is 16.2. The monoisotopic (exact) mass is 380 g/mol. The van der Waals surface area contributed by atoms with Gasteiger partial charge in [-0.1, -0.05) is 83.3 Å². The molecule has 0 aromatic heterocycles. The number of fused-ring (bicyclic) bond motifs is 4. The summed E-state index contributed by atoms with van der Waals surface area (Å²) in [5.41, 5.74) is 2.96. The summed E-state index contributed by atoms with van der Waals surface area (Å²) in [6.07, 6.45) is 19.6. The van der Waals surface area contributed by atoms with E-state index in [1.165, 1.54) is 57.4 Å². The predicted molar refractivity (Wildman–Crippen MR) is 112 cm³/mol.